The summed E-state index contributed by atoms with van der Waals surface area (Å²) in [5.74, 6) is 0.647. The third kappa shape index (κ3) is 5.11. The van der Waals surface area contributed by atoms with Gasteiger partial charge >= 0.3 is 5.97 Å². The van der Waals surface area contributed by atoms with Crippen molar-refractivity contribution in [3.8, 4) is 22.6 Å². The number of carboxylic acids is 1. The van der Waals surface area contributed by atoms with Crippen molar-refractivity contribution in [2.24, 2.45) is 0 Å². The number of aromatic nitrogens is 2. The molecule has 0 aliphatic carbocycles. The first kappa shape index (κ1) is 25.8. The molecular formula is C31H34N2O5. The molecule has 2 aromatic heterocycles. The van der Waals surface area contributed by atoms with Crippen LogP contribution in [0.2, 0.25) is 0 Å². The average molecular weight is 515 g/mol. The molecule has 0 spiro atoms. The molecule has 2 aromatic carbocycles. The minimum absolute atomic E-state index is 0.579. The van der Waals surface area contributed by atoms with Crippen LogP contribution in [0.1, 0.15) is 55.7 Å². The highest BCUT2D eigenvalue weighted by Gasteiger charge is 2.33. The van der Waals surface area contributed by atoms with Crippen molar-refractivity contribution in [1.82, 2.24) is 9.55 Å². The van der Waals surface area contributed by atoms with Gasteiger partial charge in [0.05, 0.1) is 19.3 Å². The molecule has 7 nitrogen and oxygen atoms in total. The largest absolute Gasteiger partial charge is 0.497 e. The molecule has 3 heterocycles. The number of carboxylic acid groups (broad SMARTS) is 1. The van der Waals surface area contributed by atoms with E-state index in [1.54, 1.807) is 7.11 Å². The van der Waals surface area contributed by atoms with Gasteiger partial charge in [0.2, 0.25) is 0 Å². The Morgan fingerprint density at radius 1 is 1.18 bits per heavy atom. The van der Waals surface area contributed by atoms with Gasteiger partial charge < -0.3 is 23.9 Å². The molecule has 0 radical (unpaired) electrons. The first-order valence-electron chi connectivity index (χ1n) is 12.9. The smallest absolute Gasteiger partial charge is 0.337 e. The van der Waals surface area contributed by atoms with Gasteiger partial charge in [-0.3, -0.25) is 0 Å². The van der Waals surface area contributed by atoms with Crippen molar-refractivity contribution in [2.45, 2.75) is 58.8 Å². The Hall–Kier alpha value is -3.84. The lowest BCUT2D eigenvalue weighted by Gasteiger charge is -2.28. The monoisotopic (exact) mass is 514 g/mol. The topological polar surface area (TPSA) is 82.8 Å². The van der Waals surface area contributed by atoms with E-state index in [0.29, 0.717) is 24.4 Å². The lowest BCUT2D eigenvalue weighted by molar-refractivity contribution is -0.160. The van der Waals surface area contributed by atoms with Gasteiger partial charge in [0.15, 0.2) is 6.10 Å². The molecule has 0 saturated heterocycles. The Morgan fingerprint density at radius 3 is 2.74 bits per heavy atom. The number of rotatable bonds is 7. The number of aliphatic carboxylic acids is 1. The highest BCUT2D eigenvalue weighted by Crippen LogP contribution is 2.41. The summed E-state index contributed by atoms with van der Waals surface area (Å²) in [6.45, 7) is 8.78. The van der Waals surface area contributed by atoms with Crippen molar-refractivity contribution in [2.75, 3.05) is 13.7 Å². The number of carbonyl (C=O) groups is 1. The van der Waals surface area contributed by atoms with E-state index in [2.05, 4.69) is 16.7 Å². The van der Waals surface area contributed by atoms with Crippen LogP contribution in [0.4, 0.5) is 0 Å². The first-order chi connectivity index (χ1) is 18.1. The summed E-state index contributed by atoms with van der Waals surface area (Å²) in [5.41, 5.74) is 5.31. The van der Waals surface area contributed by atoms with Crippen molar-refractivity contribution in [3.05, 3.63) is 77.1 Å². The van der Waals surface area contributed by atoms with Crippen molar-refractivity contribution in [3.63, 3.8) is 0 Å². The number of ether oxygens (including phenoxy) is 3. The van der Waals surface area contributed by atoms with Gasteiger partial charge in [0.25, 0.3) is 0 Å². The molecule has 1 N–H and O–H groups in total. The summed E-state index contributed by atoms with van der Waals surface area (Å²) < 4.78 is 19.5. The van der Waals surface area contributed by atoms with Gasteiger partial charge in [-0.05, 0) is 87.6 Å². The third-order valence-electron chi connectivity index (χ3n) is 6.78. The number of methoxy groups -OCH3 is 1. The molecule has 1 unspecified atom stereocenters. The summed E-state index contributed by atoms with van der Waals surface area (Å²) in [4.78, 5) is 17.5. The van der Waals surface area contributed by atoms with Gasteiger partial charge in [-0.1, -0.05) is 18.2 Å². The second kappa shape index (κ2) is 10.1. The van der Waals surface area contributed by atoms with Crippen molar-refractivity contribution >= 4 is 17.0 Å². The number of pyridine rings is 1. The maximum Gasteiger partial charge on any atom is 0.337 e. The fourth-order valence-corrected chi connectivity index (χ4v) is 5.16. The van der Waals surface area contributed by atoms with Crippen LogP contribution < -0.4 is 9.47 Å². The van der Waals surface area contributed by atoms with E-state index in [9.17, 15) is 9.90 Å². The number of hydrogen-bond donors (Lipinski definition) is 1. The maximum atomic E-state index is 12.6. The lowest BCUT2D eigenvalue weighted by atomic mass is 9.90. The Balaban J connectivity index is 1.72. The molecule has 198 valence electrons. The molecule has 7 heteroatoms. The van der Waals surface area contributed by atoms with Gasteiger partial charge in [-0.15, -0.1) is 0 Å². The average Bonchev–Trinajstić information content (AvgIpc) is 3.27. The molecule has 0 fully saturated rings. The van der Waals surface area contributed by atoms with E-state index >= 15 is 0 Å². The Labute approximate surface area is 223 Å². The van der Waals surface area contributed by atoms with Gasteiger partial charge in [0.1, 0.15) is 17.1 Å². The summed E-state index contributed by atoms with van der Waals surface area (Å²) in [7, 11) is 1.66. The van der Waals surface area contributed by atoms with E-state index < -0.39 is 17.7 Å². The number of nitrogens with zero attached hydrogens (tertiary/aromatic N) is 2. The molecule has 5 rings (SSSR count). The second-order valence-electron chi connectivity index (χ2n) is 10.7. The van der Waals surface area contributed by atoms with Gasteiger partial charge in [-0.25, -0.2) is 9.78 Å². The third-order valence-corrected chi connectivity index (χ3v) is 6.78. The molecule has 1 aliphatic heterocycles. The Bertz CT molecular complexity index is 1500. The van der Waals surface area contributed by atoms with E-state index in [1.165, 1.54) is 0 Å². The van der Waals surface area contributed by atoms with Crippen molar-refractivity contribution < 1.29 is 24.1 Å². The fraction of sp³-hybridized carbons (Fsp3) is 0.355. The second-order valence-corrected chi connectivity index (χ2v) is 10.7. The molecule has 38 heavy (non-hydrogen) atoms. The van der Waals surface area contributed by atoms with Crippen LogP contribution in [0.25, 0.3) is 22.2 Å². The van der Waals surface area contributed by atoms with E-state index in [0.717, 1.165) is 57.6 Å². The highest BCUT2D eigenvalue weighted by atomic mass is 16.5. The molecule has 1 atom stereocenters. The highest BCUT2D eigenvalue weighted by molar-refractivity contribution is 5.98. The molecule has 4 aromatic rings. The normalized spacial score (nSPS) is 14.1. The van der Waals surface area contributed by atoms with E-state index in [4.69, 9.17) is 19.2 Å². The number of benzene rings is 2. The number of aryl methyl sites for hydroxylation is 2. The Morgan fingerprint density at radius 2 is 2.00 bits per heavy atom. The van der Waals surface area contributed by atoms with Crippen LogP contribution in [0.3, 0.4) is 0 Å². The summed E-state index contributed by atoms with van der Waals surface area (Å²) in [6.07, 6.45) is 2.71. The van der Waals surface area contributed by atoms with Crippen LogP contribution in [0.15, 0.2) is 54.7 Å². The van der Waals surface area contributed by atoms with Crippen molar-refractivity contribution in [1.29, 1.82) is 0 Å². The minimum atomic E-state index is -1.17. The number of fused-ring (bicyclic) bond motifs is 2. The quantitative estimate of drug-likeness (QED) is 0.310. The zero-order valence-corrected chi connectivity index (χ0v) is 22.6. The molecular weight excluding hydrogens is 480 g/mol. The van der Waals surface area contributed by atoms with Crippen LogP contribution in [0, 0.1) is 6.92 Å². The molecule has 0 saturated carbocycles. The standard InChI is InChI=1S/C31H34N2O5/c1-19-26(28(30(34)35)38-31(2,3)4)27(22-11-12-25-21(17-22)9-7-15-37-25)24-13-14-33(29(24)32-19)18-20-8-6-10-23(16-20)36-5/h6,8,10-14,16-17,28H,7,9,15,18H2,1-5H3,(H,34,35). The predicted molar refractivity (Wildman–Crippen MR) is 147 cm³/mol. The SMILES string of the molecule is COc1cccc(Cn2ccc3c(-c4ccc5c(c4)CCCO5)c(C(OC(C)(C)C)C(=O)O)c(C)nc32)c1. The van der Waals surface area contributed by atoms with Crippen LogP contribution in [-0.4, -0.2) is 39.9 Å². The molecule has 0 amide bonds. The zero-order chi connectivity index (χ0) is 27.0. The van der Waals surface area contributed by atoms with Gasteiger partial charge in [0, 0.05) is 34.9 Å². The molecule has 1 aliphatic rings. The maximum absolute atomic E-state index is 12.6. The Kier molecular flexibility index (Phi) is 6.88. The predicted octanol–water partition coefficient (Wildman–Crippen LogP) is 6.33. The van der Waals surface area contributed by atoms with Gasteiger partial charge in [-0.2, -0.15) is 0 Å². The van der Waals surface area contributed by atoms with Crippen LogP contribution >= 0.6 is 0 Å². The first-order valence-corrected chi connectivity index (χ1v) is 12.9. The number of hydrogen-bond acceptors (Lipinski definition) is 5. The fourth-order valence-electron chi connectivity index (χ4n) is 5.16. The molecule has 0 bridgehead atoms. The van der Waals surface area contributed by atoms with Crippen LogP contribution in [0.5, 0.6) is 11.5 Å². The van der Waals surface area contributed by atoms with Crippen LogP contribution in [-0.2, 0) is 22.5 Å². The van der Waals surface area contributed by atoms with E-state index in [1.807, 2.05) is 70.3 Å². The summed E-state index contributed by atoms with van der Waals surface area (Å²) in [6, 6.07) is 16.1. The minimum Gasteiger partial charge on any atom is -0.497 e. The lowest BCUT2D eigenvalue weighted by Crippen LogP contribution is -2.28. The van der Waals surface area contributed by atoms with E-state index in [-0.39, 0.29) is 0 Å². The zero-order valence-electron chi connectivity index (χ0n) is 22.6. The summed E-state index contributed by atoms with van der Waals surface area (Å²) >= 11 is 0. The summed E-state index contributed by atoms with van der Waals surface area (Å²) in [5, 5.41) is 11.2.